The minimum absolute atomic E-state index is 0.0248. The van der Waals surface area contributed by atoms with E-state index in [1.807, 2.05) is 48.0 Å². The van der Waals surface area contributed by atoms with E-state index < -0.39 is 18.0 Å². The molecule has 0 radical (unpaired) electrons. The number of nitrogens with one attached hydrogen (secondary N) is 2. The maximum Gasteiger partial charge on any atom is 0.231 e. The normalized spacial score (nSPS) is 19.9. The molecule has 5 rings (SSSR count). The van der Waals surface area contributed by atoms with Crippen LogP contribution < -0.4 is 10.6 Å². The van der Waals surface area contributed by atoms with Crippen molar-refractivity contribution in [2.24, 2.45) is 24.8 Å². The van der Waals surface area contributed by atoms with Gasteiger partial charge in [0.15, 0.2) is 5.78 Å². The van der Waals surface area contributed by atoms with Gasteiger partial charge >= 0.3 is 0 Å². The first-order chi connectivity index (χ1) is 18.6. The summed E-state index contributed by atoms with van der Waals surface area (Å²) in [5, 5.41) is 6.16. The third kappa shape index (κ3) is 5.44. The SMILES string of the molecule is CC(C)CN(C)C(=O)C1CC(=O)c2c(Nc3ccccc3)c(-c3ccnc(NC(=O)[C@@H]4C[C@@H]4F)c3)n(C)c2C1. The van der Waals surface area contributed by atoms with E-state index in [0.29, 0.717) is 36.0 Å². The highest BCUT2D eigenvalue weighted by atomic mass is 19.1. The predicted molar refractivity (Wildman–Crippen MR) is 149 cm³/mol. The molecule has 9 heteroatoms. The first-order valence-corrected chi connectivity index (χ1v) is 13.4. The number of rotatable bonds is 8. The zero-order chi connectivity index (χ0) is 27.8. The molecule has 204 valence electrons. The number of benzene rings is 1. The molecule has 0 bridgehead atoms. The summed E-state index contributed by atoms with van der Waals surface area (Å²) < 4.78 is 15.4. The Kier molecular flexibility index (Phi) is 7.25. The highest BCUT2D eigenvalue weighted by Crippen LogP contribution is 2.42. The molecule has 3 atom stereocenters. The Hall–Kier alpha value is -4.01. The summed E-state index contributed by atoms with van der Waals surface area (Å²) in [5.74, 6) is -0.914. The van der Waals surface area contributed by atoms with Crippen molar-refractivity contribution in [1.29, 1.82) is 0 Å². The van der Waals surface area contributed by atoms with Crippen LogP contribution in [0.15, 0.2) is 48.7 Å². The lowest BCUT2D eigenvalue weighted by Crippen LogP contribution is -2.39. The Morgan fingerprint density at radius 1 is 1.18 bits per heavy atom. The van der Waals surface area contributed by atoms with Crippen molar-refractivity contribution in [3.8, 4) is 11.3 Å². The fourth-order valence-corrected chi connectivity index (χ4v) is 5.45. The number of fused-ring (bicyclic) bond motifs is 1. The minimum atomic E-state index is -1.10. The number of pyridine rings is 1. The summed E-state index contributed by atoms with van der Waals surface area (Å²) in [6, 6.07) is 13.1. The van der Waals surface area contributed by atoms with Crippen LogP contribution in [0.3, 0.4) is 0 Å². The maximum absolute atomic E-state index is 13.6. The monoisotopic (exact) mass is 531 g/mol. The largest absolute Gasteiger partial charge is 0.353 e. The van der Waals surface area contributed by atoms with E-state index in [9.17, 15) is 18.8 Å². The van der Waals surface area contributed by atoms with E-state index in [1.165, 1.54) is 0 Å². The highest BCUT2D eigenvalue weighted by molar-refractivity contribution is 6.09. The van der Waals surface area contributed by atoms with Crippen LogP contribution in [0, 0.1) is 17.8 Å². The number of hydrogen-bond donors (Lipinski definition) is 2. The number of alkyl halides is 1. The molecule has 2 amide bonds. The van der Waals surface area contributed by atoms with Gasteiger partial charge in [0.1, 0.15) is 12.0 Å². The van der Waals surface area contributed by atoms with Crippen molar-refractivity contribution < 1.29 is 18.8 Å². The van der Waals surface area contributed by atoms with Crippen molar-refractivity contribution in [3.63, 3.8) is 0 Å². The Labute approximate surface area is 227 Å². The summed E-state index contributed by atoms with van der Waals surface area (Å²) in [4.78, 5) is 45.2. The molecular weight excluding hydrogens is 497 g/mol. The number of aromatic nitrogens is 2. The van der Waals surface area contributed by atoms with Gasteiger partial charge in [-0.2, -0.15) is 0 Å². The van der Waals surface area contributed by atoms with E-state index in [-0.39, 0.29) is 30.4 Å². The predicted octanol–water partition coefficient (Wildman–Crippen LogP) is 4.99. The Balaban J connectivity index is 1.54. The van der Waals surface area contributed by atoms with Gasteiger partial charge in [-0.15, -0.1) is 0 Å². The lowest BCUT2D eigenvalue weighted by Gasteiger charge is -2.28. The van der Waals surface area contributed by atoms with Gasteiger partial charge in [0.05, 0.1) is 28.8 Å². The maximum atomic E-state index is 13.6. The standard InChI is InChI=1S/C30H34FN5O3/c1-17(2)16-35(3)30(39)19-12-23-26(24(37)13-19)27(33-20-8-6-5-7-9-20)28(36(23)4)18-10-11-32-25(14-18)34-29(38)21-15-22(21)31/h5-11,14,17,19,21-22,33H,12-13,15-16H2,1-4H3,(H,32,34,38)/t19?,21-,22+/m1/s1. The summed E-state index contributed by atoms with van der Waals surface area (Å²) in [6.45, 7) is 4.75. The van der Waals surface area contributed by atoms with E-state index in [2.05, 4.69) is 29.5 Å². The molecule has 8 nitrogen and oxygen atoms in total. The number of amides is 2. The van der Waals surface area contributed by atoms with Crippen LogP contribution >= 0.6 is 0 Å². The number of para-hydroxylation sites is 1. The quantitative estimate of drug-likeness (QED) is 0.427. The summed E-state index contributed by atoms with van der Waals surface area (Å²) >= 11 is 0. The van der Waals surface area contributed by atoms with E-state index in [4.69, 9.17) is 0 Å². The molecule has 1 aromatic carbocycles. The van der Waals surface area contributed by atoms with Crippen molar-refractivity contribution in [2.45, 2.75) is 39.3 Å². The molecule has 2 aliphatic rings. The van der Waals surface area contributed by atoms with Crippen LogP contribution in [0.1, 0.15) is 42.7 Å². The number of carbonyl (C=O) groups excluding carboxylic acids is 3. The molecule has 2 heterocycles. The van der Waals surface area contributed by atoms with Gasteiger partial charge in [0, 0.05) is 56.6 Å². The molecule has 0 spiro atoms. The topological polar surface area (TPSA) is 96.3 Å². The summed E-state index contributed by atoms with van der Waals surface area (Å²) in [5.41, 5.74) is 4.31. The number of ketones is 1. The van der Waals surface area contributed by atoms with Gasteiger partial charge in [-0.25, -0.2) is 9.37 Å². The van der Waals surface area contributed by atoms with E-state index in [1.54, 1.807) is 24.2 Å². The number of halogens is 1. The van der Waals surface area contributed by atoms with Crippen molar-refractivity contribution in [2.75, 3.05) is 24.2 Å². The number of Topliss-reactive ketones (excluding diaryl/α,β-unsaturated/α-hetero) is 1. The summed E-state index contributed by atoms with van der Waals surface area (Å²) in [7, 11) is 3.68. The molecule has 2 aromatic heterocycles. The molecule has 1 saturated carbocycles. The Bertz CT molecular complexity index is 1420. The third-order valence-electron chi connectivity index (χ3n) is 7.41. The van der Waals surface area contributed by atoms with Crippen LogP contribution in [0.25, 0.3) is 11.3 Å². The minimum Gasteiger partial charge on any atom is -0.353 e. The number of nitrogens with zero attached hydrogens (tertiary/aromatic N) is 3. The first kappa shape index (κ1) is 26.6. The third-order valence-corrected chi connectivity index (χ3v) is 7.41. The van der Waals surface area contributed by atoms with Crippen LogP contribution in [0.2, 0.25) is 0 Å². The highest BCUT2D eigenvalue weighted by Gasteiger charge is 2.44. The van der Waals surface area contributed by atoms with E-state index in [0.717, 1.165) is 22.6 Å². The smallest absolute Gasteiger partial charge is 0.231 e. The second-order valence-electron chi connectivity index (χ2n) is 11.0. The van der Waals surface area contributed by atoms with Crippen molar-refractivity contribution in [1.82, 2.24) is 14.5 Å². The molecule has 1 unspecified atom stereocenters. The van der Waals surface area contributed by atoms with Gasteiger partial charge in [0.25, 0.3) is 0 Å². The summed E-state index contributed by atoms with van der Waals surface area (Å²) in [6.07, 6.45) is 1.30. The second-order valence-corrected chi connectivity index (χ2v) is 11.0. The van der Waals surface area contributed by atoms with Crippen LogP contribution in [0.4, 0.5) is 21.6 Å². The first-order valence-electron chi connectivity index (χ1n) is 13.4. The zero-order valence-corrected chi connectivity index (χ0v) is 22.7. The van der Waals surface area contributed by atoms with Gasteiger partial charge in [-0.1, -0.05) is 32.0 Å². The van der Waals surface area contributed by atoms with Crippen LogP contribution in [-0.2, 0) is 23.1 Å². The van der Waals surface area contributed by atoms with E-state index >= 15 is 0 Å². The van der Waals surface area contributed by atoms with Crippen molar-refractivity contribution >= 4 is 34.8 Å². The molecular formula is C30H34FN5O3. The second kappa shape index (κ2) is 10.6. The number of carbonyl (C=O) groups is 3. The molecule has 0 aliphatic heterocycles. The average molecular weight is 532 g/mol. The molecule has 0 saturated heterocycles. The Morgan fingerprint density at radius 3 is 2.56 bits per heavy atom. The number of hydrogen-bond acceptors (Lipinski definition) is 5. The average Bonchev–Trinajstić information content (AvgIpc) is 3.57. The Morgan fingerprint density at radius 2 is 1.90 bits per heavy atom. The van der Waals surface area contributed by atoms with Crippen LogP contribution in [-0.4, -0.2) is 51.8 Å². The molecule has 1 fully saturated rings. The number of anilines is 3. The van der Waals surface area contributed by atoms with Crippen molar-refractivity contribution in [3.05, 3.63) is 59.9 Å². The molecule has 2 aliphatic carbocycles. The fraction of sp³-hybridized carbons (Fsp3) is 0.400. The van der Waals surface area contributed by atoms with Crippen LogP contribution in [0.5, 0.6) is 0 Å². The lowest BCUT2D eigenvalue weighted by atomic mass is 9.85. The molecule has 39 heavy (non-hydrogen) atoms. The lowest BCUT2D eigenvalue weighted by molar-refractivity contribution is -0.134. The van der Waals surface area contributed by atoms with Gasteiger partial charge < -0.3 is 20.1 Å². The molecule has 3 aromatic rings. The van der Waals surface area contributed by atoms with Gasteiger partial charge in [-0.05, 0) is 36.6 Å². The van der Waals surface area contributed by atoms with Gasteiger partial charge in [-0.3, -0.25) is 14.4 Å². The fourth-order valence-electron chi connectivity index (χ4n) is 5.45. The zero-order valence-electron chi connectivity index (χ0n) is 22.7. The molecule has 2 N–H and O–H groups in total. The van der Waals surface area contributed by atoms with Gasteiger partial charge in [0.2, 0.25) is 11.8 Å².